The molecule has 4 rings (SSSR count). The van der Waals surface area contributed by atoms with Gasteiger partial charge < -0.3 is 19.3 Å². The molecular formula is C18H18N4O3. The average molecular weight is 338 g/mol. The second-order valence-electron chi connectivity index (χ2n) is 5.69. The molecule has 3 heterocycles. The molecule has 2 aromatic heterocycles. The third kappa shape index (κ3) is 3.84. The molecule has 7 heteroatoms. The Bertz CT molecular complexity index is 799. The van der Waals surface area contributed by atoms with Gasteiger partial charge in [0, 0.05) is 36.6 Å². The van der Waals surface area contributed by atoms with Crippen molar-refractivity contribution >= 4 is 0 Å². The Morgan fingerprint density at radius 2 is 2.12 bits per heavy atom. The van der Waals surface area contributed by atoms with Gasteiger partial charge in [-0.25, -0.2) is 0 Å². The van der Waals surface area contributed by atoms with E-state index in [0.717, 1.165) is 23.4 Å². The number of hydrogen-bond acceptors (Lipinski definition) is 7. The molecule has 0 saturated carbocycles. The van der Waals surface area contributed by atoms with E-state index in [-0.39, 0.29) is 6.10 Å². The Labute approximate surface area is 145 Å². The molecule has 1 saturated heterocycles. The highest BCUT2D eigenvalue weighted by Crippen LogP contribution is 2.23. The van der Waals surface area contributed by atoms with Crippen LogP contribution >= 0.6 is 0 Å². The number of hydrogen-bond donors (Lipinski definition) is 1. The summed E-state index contributed by atoms with van der Waals surface area (Å²) < 4.78 is 16.7. The topological polar surface area (TPSA) is 82.3 Å². The van der Waals surface area contributed by atoms with Crippen LogP contribution in [0, 0.1) is 0 Å². The van der Waals surface area contributed by atoms with Crippen LogP contribution in [0.25, 0.3) is 11.4 Å². The average Bonchev–Trinajstić information content (AvgIpc) is 3.19. The summed E-state index contributed by atoms with van der Waals surface area (Å²) in [6.45, 7) is 2.65. The highest BCUT2D eigenvalue weighted by Gasteiger charge is 2.22. The molecule has 0 amide bonds. The lowest BCUT2D eigenvalue weighted by Crippen LogP contribution is -2.33. The van der Waals surface area contributed by atoms with Gasteiger partial charge in [-0.2, -0.15) is 4.98 Å². The second kappa shape index (κ2) is 7.42. The predicted octanol–water partition coefficient (Wildman–Crippen LogP) is 2.37. The van der Waals surface area contributed by atoms with E-state index in [2.05, 4.69) is 20.4 Å². The maximum absolute atomic E-state index is 5.75. The number of aromatic nitrogens is 3. The maximum Gasteiger partial charge on any atom is 0.257 e. The van der Waals surface area contributed by atoms with Crippen molar-refractivity contribution in [1.29, 1.82) is 0 Å². The fraction of sp³-hybridized carbons (Fsp3) is 0.278. The van der Waals surface area contributed by atoms with Crippen molar-refractivity contribution in [2.75, 3.05) is 19.7 Å². The van der Waals surface area contributed by atoms with Crippen molar-refractivity contribution in [1.82, 2.24) is 20.4 Å². The van der Waals surface area contributed by atoms with Gasteiger partial charge in [-0.05, 0) is 30.3 Å². The van der Waals surface area contributed by atoms with E-state index in [9.17, 15) is 0 Å². The molecule has 1 N–H and O–H groups in total. The molecule has 1 fully saturated rings. The summed E-state index contributed by atoms with van der Waals surface area (Å²) in [6, 6.07) is 11.5. The molecule has 0 aliphatic carbocycles. The first-order valence-electron chi connectivity index (χ1n) is 8.16. The number of ether oxygens (including phenoxy) is 2. The summed E-state index contributed by atoms with van der Waals surface area (Å²) in [5, 5.41) is 7.29. The zero-order chi connectivity index (χ0) is 16.9. The van der Waals surface area contributed by atoms with Crippen LogP contribution in [0.15, 0.2) is 53.3 Å². The summed E-state index contributed by atoms with van der Waals surface area (Å²) in [5.74, 6) is 1.82. The molecule has 7 nitrogen and oxygen atoms in total. The minimum absolute atomic E-state index is 0.183. The highest BCUT2D eigenvalue weighted by molar-refractivity contribution is 5.55. The summed E-state index contributed by atoms with van der Waals surface area (Å²) in [7, 11) is 0. The molecule has 0 radical (unpaired) electrons. The molecule has 25 heavy (non-hydrogen) atoms. The Morgan fingerprint density at radius 1 is 1.20 bits per heavy atom. The maximum atomic E-state index is 5.75. The lowest BCUT2D eigenvalue weighted by Gasteiger charge is -2.19. The smallest absolute Gasteiger partial charge is 0.257 e. The van der Waals surface area contributed by atoms with Gasteiger partial charge in [-0.1, -0.05) is 11.2 Å². The molecule has 1 atom stereocenters. The first-order valence-corrected chi connectivity index (χ1v) is 8.16. The van der Waals surface area contributed by atoms with Crippen LogP contribution < -0.4 is 10.1 Å². The number of rotatable bonds is 5. The van der Waals surface area contributed by atoms with Crippen molar-refractivity contribution < 1.29 is 14.0 Å². The normalized spacial score (nSPS) is 17.4. The van der Waals surface area contributed by atoms with Crippen LogP contribution in [0.1, 0.15) is 17.6 Å². The van der Waals surface area contributed by atoms with Crippen molar-refractivity contribution in [3.05, 3.63) is 60.2 Å². The van der Waals surface area contributed by atoms with Crippen LogP contribution in [0.4, 0.5) is 0 Å². The summed E-state index contributed by atoms with van der Waals surface area (Å²) in [5.41, 5.74) is 1.89. The first kappa shape index (κ1) is 15.7. The zero-order valence-corrected chi connectivity index (χ0v) is 13.6. The molecule has 128 valence electrons. The lowest BCUT2D eigenvalue weighted by molar-refractivity contribution is 0.00755. The Morgan fingerprint density at radius 3 is 2.88 bits per heavy atom. The number of nitrogens with one attached hydrogen (secondary N) is 1. The lowest BCUT2D eigenvalue weighted by atomic mass is 10.2. The molecule has 0 spiro atoms. The van der Waals surface area contributed by atoms with E-state index in [0.29, 0.717) is 31.5 Å². The van der Waals surface area contributed by atoms with E-state index < -0.39 is 0 Å². The molecular weight excluding hydrogens is 320 g/mol. The number of pyridine rings is 1. The molecule has 0 bridgehead atoms. The van der Waals surface area contributed by atoms with Gasteiger partial charge in [0.05, 0.1) is 6.61 Å². The predicted molar refractivity (Wildman–Crippen MR) is 89.9 cm³/mol. The SMILES string of the molecule is c1cncc(COc2ccc(-c3noc([C@@H]4CNCCO4)n3)cc2)c1. The number of morpholine rings is 1. The van der Waals surface area contributed by atoms with Crippen molar-refractivity contribution in [2.24, 2.45) is 0 Å². The van der Waals surface area contributed by atoms with Crippen LogP contribution in [0.5, 0.6) is 5.75 Å². The first-order chi connectivity index (χ1) is 12.4. The Hall–Kier alpha value is -2.77. The van der Waals surface area contributed by atoms with Gasteiger partial charge >= 0.3 is 0 Å². The van der Waals surface area contributed by atoms with Crippen LogP contribution in [-0.4, -0.2) is 34.8 Å². The van der Waals surface area contributed by atoms with Gasteiger partial charge in [0.25, 0.3) is 5.89 Å². The van der Waals surface area contributed by atoms with Gasteiger partial charge in [0.15, 0.2) is 0 Å². The van der Waals surface area contributed by atoms with Gasteiger partial charge in [0.1, 0.15) is 18.5 Å². The van der Waals surface area contributed by atoms with Gasteiger partial charge in [-0.3, -0.25) is 4.98 Å². The standard InChI is InChI=1S/C18H18N4O3/c1-2-13(10-19-7-1)12-24-15-5-3-14(4-6-15)17-21-18(25-22-17)16-11-20-8-9-23-16/h1-7,10,16,20H,8-9,11-12H2/t16-/m0/s1. The van der Waals surface area contributed by atoms with Crippen LogP contribution in [0.2, 0.25) is 0 Å². The number of benzene rings is 1. The van der Waals surface area contributed by atoms with Crippen LogP contribution in [-0.2, 0) is 11.3 Å². The molecule has 1 aromatic carbocycles. The van der Waals surface area contributed by atoms with Gasteiger partial charge in [0.2, 0.25) is 5.82 Å². The third-order valence-electron chi connectivity index (χ3n) is 3.89. The molecule has 1 aliphatic rings. The molecule has 3 aromatic rings. The van der Waals surface area contributed by atoms with E-state index in [1.54, 1.807) is 12.4 Å². The van der Waals surface area contributed by atoms with E-state index in [1.807, 2.05) is 36.4 Å². The minimum atomic E-state index is -0.183. The summed E-state index contributed by atoms with van der Waals surface area (Å²) in [4.78, 5) is 8.51. The fourth-order valence-electron chi connectivity index (χ4n) is 2.56. The third-order valence-corrected chi connectivity index (χ3v) is 3.89. The van der Waals surface area contributed by atoms with E-state index in [4.69, 9.17) is 14.0 Å². The van der Waals surface area contributed by atoms with E-state index >= 15 is 0 Å². The van der Waals surface area contributed by atoms with Crippen molar-refractivity contribution in [2.45, 2.75) is 12.7 Å². The number of nitrogens with zero attached hydrogens (tertiary/aromatic N) is 3. The minimum Gasteiger partial charge on any atom is -0.489 e. The summed E-state index contributed by atoms with van der Waals surface area (Å²) >= 11 is 0. The molecule has 1 aliphatic heterocycles. The van der Waals surface area contributed by atoms with Gasteiger partial charge in [-0.15, -0.1) is 0 Å². The van der Waals surface area contributed by atoms with Crippen LogP contribution in [0.3, 0.4) is 0 Å². The summed E-state index contributed by atoms with van der Waals surface area (Å²) in [6.07, 6.45) is 3.35. The molecule has 0 unspecified atom stereocenters. The Balaban J connectivity index is 1.40. The zero-order valence-electron chi connectivity index (χ0n) is 13.6. The van der Waals surface area contributed by atoms with Crippen molar-refractivity contribution in [3.8, 4) is 17.1 Å². The fourth-order valence-corrected chi connectivity index (χ4v) is 2.56. The second-order valence-corrected chi connectivity index (χ2v) is 5.69. The monoisotopic (exact) mass is 338 g/mol. The Kier molecular flexibility index (Phi) is 4.67. The largest absolute Gasteiger partial charge is 0.489 e. The van der Waals surface area contributed by atoms with E-state index in [1.165, 1.54) is 0 Å². The highest BCUT2D eigenvalue weighted by atomic mass is 16.5. The van der Waals surface area contributed by atoms with Crippen molar-refractivity contribution in [3.63, 3.8) is 0 Å². The quantitative estimate of drug-likeness (QED) is 0.765.